The lowest BCUT2D eigenvalue weighted by atomic mass is 10.1. The summed E-state index contributed by atoms with van der Waals surface area (Å²) in [6.07, 6.45) is 1.69. The number of benzene rings is 3. The summed E-state index contributed by atoms with van der Waals surface area (Å²) < 4.78 is 6.82. The Morgan fingerprint density at radius 1 is 0.912 bits per heavy atom. The van der Waals surface area contributed by atoms with Gasteiger partial charge in [-0.3, -0.25) is 9.59 Å². The fourth-order valence-corrected chi connectivity index (χ4v) is 3.44. The SMILES string of the molecule is COc1ccc(CNC(=O)CNC(=O)c2cn(-c3ccc(C)cc3)nc2-c2ccccc2)cc1. The Morgan fingerprint density at radius 3 is 2.29 bits per heavy atom. The fraction of sp³-hybridized carbons (Fsp3) is 0.148. The normalized spacial score (nSPS) is 10.5. The lowest BCUT2D eigenvalue weighted by Crippen LogP contribution is -2.36. The van der Waals surface area contributed by atoms with Crippen LogP contribution in [0, 0.1) is 6.92 Å². The quantitative estimate of drug-likeness (QED) is 0.423. The van der Waals surface area contributed by atoms with Crippen LogP contribution < -0.4 is 15.4 Å². The van der Waals surface area contributed by atoms with Gasteiger partial charge in [0.25, 0.3) is 5.91 Å². The molecule has 4 rings (SSSR count). The summed E-state index contributed by atoms with van der Waals surface area (Å²) in [5.74, 6) is 0.107. The molecular weight excluding hydrogens is 428 g/mol. The van der Waals surface area contributed by atoms with Gasteiger partial charge < -0.3 is 15.4 Å². The molecule has 0 spiro atoms. The van der Waals surface area contributed by atoms with Crippen molar-refractivity contribution in [1.82, 2.24) is 20.4 Å². The molecule has 0 unspecified atom stereocenters. The van der Waals surface area contributed by atoms with E-state index in [1.807, 2.05) is 85.8 Å². The van der Waals surface area contributed by atoms with Gasteiger partial charge in [0.15, 0.2) is 0 Å². The monoisotopic (exact) mass is 454 g/mol. The van der Waals surface area contributed by atoms with Crippen molar-refractivity contribution in [3.05, 3.63) is 102 Å². The first-order valence-electron chi connectivity index (χ1n) is 10.9. The average Bonchev–Trinajstić information content (AvgIpc) is 3.33. The van der Waals surface area contributed by atoms with E-state index in [4.69, 9.17) is 4.74 Å². The molecule has 0 saturated carbocycles. The van der Waals surface area contributed by atoms with E-state index in [1.165, 1.54) is 0 Å². The highest BCUT2D eigenvalue weighted by Crippen LogP contribution is 2.23. The summed E-state index contributed by atoms with van der Waals surface area (Å²) in [5, 5.41) is 10.2. The third-order valence-electron chi connectivity index (χ3n) is 5.36. The zero-order valence-corrected chi connectivity index (χ0v) is 19.1. The molecule has 7 nitrogen and oxygen atoms in total. The first-order valence-corrected chi connectivity index (χ1v) is 10.9. The number of ether oxygens (including phenoxy) is 1. The molecule has 0 aliphatic carbocycles. The third-order valence-corrected chi connectivity index (χ3v) is 5.36. The lowest BCUT2D eigenvalue weighted by molar-refractivity contribution is -0.120. The highest BCUT2D eigenvalue weighted by atomic mass is 16.5. The van der Waals surface area contributed by atoms with Gasteiger partial charge in [0.2, 0.25) is 5.91 Å². The van der Waals surface area contributed by atoms with Crippen molar-refractivity contribution in [2.75, 3.05) is 13.7 Å². The topological polar surface area (TPSA) is 85.3 Å². The molecule has 3 aromatic carbocycles. The molecular formula is C27H26N4O3. The smallest absolute Gasteiger partial charge is 0.255 e. The van der Waals surface area contributed by atoms with Crippen molar-refractivity contribution in [3.8, 4) is 22.7 Å². The second-order valence-electron chi connectivity index (χ2n) is 7.85. The molecule has 7 heteroatoms. The van der Waals surface area contributed by atoms with Crippen LogP contribution in [0.3, 0.4) is 0 Å². The Labute approximate surface area is 198 Å². The minimum atomic E-state index is -0.364. The summed E-state index contributed by atoms with van der Waals surface area (Å²) in [5.41, 5.74) is 4.69. The van der Waals surface area contributed by atoms with Crippen LogP contribution in [0.1, 0.15) is 21.5 Å². The van der Waals surface area contributed by atoms with E-state index in [0.717, 1.165) is 28.1 Å². The van der Waals surface area contributed by atoms with Crippen LogP contribution >= 0.6 is 0 Å². The van der Waals surface area contributed by atoms with E-state index in [1.54, 1.807) is 18.0 Å². The molecule has 0 saturated heterocycles. The van der Waals surface area contributed by atoms with Crippen LogP contribution in [0.2, 0.25) is 0 Å². The highest BCUT2D eigenvalue weighted by Gasteiger charge is 2.19. The number of hydrogen-bond donors (Lipinski definition) is 2. The Kier molecular flexibility index (Phi) is 7.03. The molecule has 2 N–H and O–H groups in total. The van der Waals surface area contributed by atoms with Crippen LogP contribution in [-0.2, 0) is 11.3 Å². The molecule has 1 aromatic heterocycles. The van der Waals surface area contributed by atoms with Crippen LogP contribution in [0.4, 0.5) is 0 Å². The van der Waals surface area contributed by atoms with Gasteiger partial charge in [-0.05, 0) is 36.8 Å². The Hall–Kier alpha value is -4.39. The largest absolute Gasteiger partial charge is 0.497 e. The maximum atomic E-state index is 13.0. The van der Waals surface area contributed by atoms with Crippen LogP contribution in [-0.4, -0.2) is 35.2 Å². The van der Waals surface area contributed by atoms with Crippen molar-refractivity contribution in [1.29, 1.82) is 0 Å². The number of carbonyl (C=O) groups is 2. The van der Waals surface area contributed by atoms with Gasteiger partial charge in [0.1, 0.15) is 11.4 Å². The zero-order chi connectivity index (χ0) is 23.9. The zero-order valence-electron chi connectivity index (χ0n) is 19.1. The van der Waals surface area contributed by atoms with Crippen LogP contribution in [0.15, 0.2) is 85.1 Å². The third kappa shape index (κ3) is 5.50. The van der Waals surface area contributed by atoms with Gasteiger partial charge in [-0.25, -0.2) is 4.68 Å². The van der Waals surface area contributed by atoms with Gasteiger partial charge >= 0.3 is 0 Å². The van der Waals surface area contributed by atoms with E-state index >= 15 is 0 Å². The number of aryl methyl sites for hydroxylation is 1. The first-order chi connectivity index (χ1) is 16.5. The maximum Gasteiger partial charge on any atom is 0.255 e. The molecule has 0 fully saturated rings. The van der Waals surface area contributed by atoms with Crippen molar-refractivity contribution in [2.24, 2.45) is 0 Å². The van der Waals surface area contributed by atoms with Gasteiger partial charge in [0.05, 0.1) is 24.9 Å². The van der Waals surface area contributed by atoms with E-state index < -0.39 is 0 Å². The molecule has 2 amide bonds. The van der Waals surface area contributed by atoms with Gasteiger partial charge in [0, 0.05) is 18.3 Å². The molecule has 0 radical (unpaired) electrons. The number of nitrogens with zero attached hydrogens (tertiary/aromatic N) is 2. The number of hydrogen-bond acceptors (Lipinski definition) is 4. The summed E-state index contributed by atoms with van der Waals surface area (Å²) >= 11 is 0. The van der Waals surface area contributed by atoms with Gasteiger partial charge in [-0.1, -0.05) is 60.2 Å². The standard InChI is InChI=1S/C27H26N4O3/c1-19-8-12-22(13-9-19)31-18-24(26(30-31)21-6-4-3-5-7-21)27(33)29-17-25(32)28-16-20-10-14-23(34-2)15-11-20/h3-15,18H,16-17H2,1-2H3,(H,28,32)(H,29,33). The van der Waals surface area contributed by atoms with E-state index in [2.05, 4.69) is 15.7 Å². The summed E-state index contributed by atoms with van der Waals surface area (Å²) in [4.78, 5) is 25.3. The predicted octanol–water partition coefficient (Wildman–Crippen LogP) is 3.90. The number of carbonyl (C=O) groups excluding carboxylic acids is 2. The van der Waals surface area contributed by atoms with Crippen molar-refractivity contribution in [3.63, 3.8) is 0 Å². The maximum absolute atomic E-state index is 13.0. The van der Waals surface area contributed by atoms with Crippen LogP contribution in [0.25, 0.3) is 16.9 Å². The molecule has 172 valence electrons. The Balaban J connectivity index is 1.45. The second kappa shape index (κ2) is 10.5. The molecule has 0 aliphatic rings. The molecule has 0 aliphatic heterocycles. The second-order valence-corrected chi connectivity index (χ2v) is 7.85. The number of rotatable bonds is 8. The molecule has 0 atom stereocenters. The number of amides is 2. The van der Waals surface area contributed by atoms with E-state index in [9.17, 15) is 9.59 Å². The molecule has 0 bridgehead atoms. The first kappa shape index (κ1) is 22.8. The number of methoxy groups -OCH3 is 1. The van der Waals surface area contributed by atoms with Crippen LogP contribution in [0.5, 0.6) is 5.75 Å². The summed E-state index contributed by atoms with van der Waals surface area (Å²) in [6, 6.07) is 24.8. The minimum absolute atomic E-state index is 0.140. The number of aromatic nitrogens is 2. The van der Waals surface area contributed by atoms with Gasteiger partial charge in [-0.2, -0.15) is 5.10 Å². The minimum Gasteiger partial charge on any atom is -0.497 e. The Morgan fingerprint density at radius 2 is 1.62 bits per heavy atom. The lowest BCUT2D eigenvalue weighted by Gasteiger charge is -2.08. The number of nitrogens with one attached hydrogen (secondary N) is 2. The fourth-order valence-electron chi connectivity index (χ4n) is 3.44. The molecule has 34 heavy (non-hydrogen) atoms. The van der Waals surface area contributed by atoms with Gasteiger partial charge in [-0.15, -0.1) is 0 Å². The van der Waals surface area contributed by atoms with Crippen molar-refractivity contribution in [2.45, 2.75) is 13.5 Å². The van der Waals surface area contributed by atoms with Crippen molar-refractivity contribution < 1.29 is 14.3 Å². The molecule has 4 aromatic rings. The van der Waals surface area contributed by atoms with Crippen molar-refractivity contribution >= 4 is 11.8 Å². The summed E-state index contributed by atoms with van der Waals surface area (Å²) in [6.45, 7) is 2.24. The predicted molar refractivity (Wildman–Crippen MR) is 131 cm³/mol. The average molecular weight is 455 g/mol. The summed E-state index contributed by atoms with van der Waals surface area (Å²) in [7, 11) is 1.60. The van der Waals surface area contributed by atoms with E-state index in [-0.39, 0.29) is 18.4 Å². The molecule has 1 heterocycles. The highest BCUT2D eigenvalue weighted by molar-refractivity contribution is 6.01. The Bertz CT molecular complexity index is 1260. The van der Waals surface area contributed by atoms with E-state index in [0.29, 0.717) is 17.8 Å².